The zero-order chi connectivity index (χ0) is 15.2. The number of nitrogens with one attached hydrogen (secondary N) is 1. The summed E-state index contributed by atoms with van der Waals surface area (Å²) >= 11 is 0. The minimum atomic E-state index is -0.582. The molecule has 0 saturated carbocycles. The van der Waals surface area contributed by atoms with E-state index in [0.717, 1.165) is 11.4 Å². The van der Waals surface area contributed by atoms with Gasteiger partial charge in [-0.15, -0.1) is 0 Å². The van der Waals surface area contributed by atoms with Gasteiger partial charge in [-0.2, -0.15) is 0 Å². The van der Waals surface area contributed by atoms with E-state index in [-0.39, 0.29) is 5.91 Å². The highest BCUT2D eigenvalue weighted by Crippen LogP contribution is 2.12. The van der Waals surface area contributed by atoms with Gasteiger partial charge in [0, 0.05) is 14.1 Å². The fraction of sp³-hybridized carbons (Fsp3) is 0.250. The van der Waals surface area contributed by atoms with E-state index in [2.05, 4.69) is 10.3 Å². The number of nitrogens with two attached hydrogens (primary N) is 1. The number of pyridine rings is 1. The van der Waals surface area contributed by atoms with Crippen molar-refractivity contribution in [1.29, 1.82) is 0 Å². The number of rotatable bonds is 5. The van der Waals surface area contributed by atoms with Crippen LogP contribution in [0.2, 0.25) is 0 Å². The number of benzene rings is 1. The third-order valence-electron chi connectivity index (χ3n) is 3.11. The fourth-order valence-corrected chi connectivity index (χ4v) is 1.92. The maximum Gasteiger partial charge on any atom is 0.241 e. The summed E-state index contributed by atoms with van der Waals surface area (Å²) in [7, 11) is 3.83. The van der Waals surface area contributed by atoms with Gasteiger partial charge in [-0.05, 0) is 24.1 Å². The average Bonchev–Trinajstić information content (AvgIpc) is 2.48. The molecule has 0 fully saturated rings. The van der Waals surface area contributed by atoms with Crippen LogP contribution in [-0.4, -0.2) is 31.0 Å². The molecule has 1 aromatic heterocycles. The second-order valence-electron chi connectivity index (χ2n) is 5.08. The maximum absolute atomic E-state index is 12.1. The van der Waals surface area contributed by atoms with E-state index in [9.17, 15) is 4.79 Å². The van der Waals surface area contributed by atoms with Gasteiger partial charge in [0.05, 0.1) is 17.9 Å². The predicted molar refractivity (Wildman–Crippen MR) is 85.3 cm³/mol. The first-order chi connectivity index (χ1) is 10.1. The molecule has 2 aromatic rings. The fourth-order valence-electron chi connectivity index (χ4n) is 1.92. The van der Waals surface area contributed by atoms with E-state index in [1.165, 1.54) is 0 Å². The third kappa shape index (κ3) is 4.29. The Morgan fingerprint density at radius 3 is 2.52 bits per heavy atom. The summed E-state index contributed by atoms with van der Waals surface area (Å²) in [6.45, 7) is 0. The molecule has 0 aliphatic heterocycles. The molecule has 1 amide bonds. The molecule has 3 N–H and O–H groups in total. The second kappa shape index (κ2) is 6.85. The van der Waals surface area contributed by atoms with E-state index in [1.54, 1.807) is 6.20 Å². The topological polar surface area (TPSA) is 71.2 Å². The highest BCUT2D eigenvalue weighted by Gasteiger charge is 2.14. The molecule has 110 valence electrons. The van der Waals surface area contributed by atoms with Crippen molar-refractivity contribution in [1.82, 2.24) is 4.98 Å². The Morgan fingerprint density at radius 2 is 1.95 bits per heavy atom. The molecular weight excluding hydrogens is 264 g/mol. The summed E-state index contributed by atoms with van der Waals surface area (Å²) in [5, 5.41) is 2.78. The molecule has 5 nitrogen and oxygen atoms in total. The van der Waals surface area contributed by atoms with Crippen LogP contribution in [0.3, 0.4) is 0 Å². The lowest BCUT2D eigenvalue weighted by molar-refractivity contribution is -0.117. The Morgan fingerprint density at radius 1 is 1.24 bits per heavy atom. The van der Waals surface area contributed by atoms with Gasteiger partial charge in [0.15, 0.2) is 0 Å². The van der Waals surface area contributed by atoms with Gasteiger partial charge in [-0.1, -0.05) is 30.3 Å². The first-order valence-corrected chi connectivity index (χ1v) is 6.80. The van der Waals surface area contributed by atoms with Crippen LogP contribution in [-0.2, 0) is 11.2 Å². The molecule has 0 saturated heterocycles. The Bertz CT molecular complexity index is 581. The molecule has 2 rings (SSSR count). The van der Waals surface area contributed by atoms with E-state index >= 15 is 0 Å². The Kier molecular flexibility index (Phi) is 4.90. The molecule has 1 aromatic carbocycles. The van der Waals surface area contributed by atoms with E-state index in [0.29, 0.717) is 12.1 Å². The SMILES string of the molecule is CN(C)c1ccc(NC(=O)[C@H](N)Cc2ccccc2)cn1. The lowest BCUT2D eigenvalue weighted by Gasteiger charge is -2.14. The number of hydrogen-bond donors (Lipinski definition) is 2. The van der Waals surface area contributed by atoms with Crippen molar-refractivity contribution in [2.24, 2.45) is 5.73 Å². The normalized spacial score (nSPS) is 11.8. The van der Waals surface area contributed by atoms with Crippen LogP contribution in [0.4, 0.5) is 11.5 Å². The van der Waals surface area contributed by atoms with E-state index < -0.39 is 6.04 Å². The summed E-state index contributed by atoms with van der Waals surface area (Å²) in [4.78, 5) is 18.2. The highest BCUT2D eigenvalue weighted by molar-refractivity contribution is 5.94. The average molecular weight is 284 g/mol. The monoisotopic (exact) mass is 284 g/mol. The predicted octanol–water partition coefficient (Wildman–Crippen LogP) is 1.66. The van der Waals surface area contributed by atoms with Crippen LogP contribution in [0.5, 0.6) is 0 Å². The zero-order valence-electron chi connectivity index (χ0n) is 12.3. The quantitative estimate of drug-likeness (QED) is 0.876. The first kappa shape index (κ1) is 15.0. The number of anilines is 2. The van der Waals surface area contributed by atoms with Crippen LogP contribution in [0.1, 0.15) is 5.56 Å². The minimum Gasteiger partial charge on any atom is -0.363 e. The van der Waals surface area contributed by atoms with Crippen LogP contribution in [0.15, 0.2) is 48.7 Å². The molecule has 0 spiro atoms. The van der Waals surface area contributed by atoms with E-state index in [1.807, 2.05) is 61.5 Å². The van der Waals surface area contributed by atoms with Gasteiger partial charge in [0.1, 0.15) is 5.82 Å². The van der Waals surface area contributed by atoms with Crippen molar-refractivity contribution in [3.63, 3.8) is 0 Å². The van der Waals surface area contributed by atoms with Gasteiger partial charge in [0.2, 0.25) is 5.91 Å². The van der Waals surface area contributed by atoms with Crippen molar-refractivity contribution in [3.05, 3.63) is 54.2 Å². The van der Waals surface area contributed by atoms with Crippen molar-refractivity contribution in [3.8, 4) is 0 Å². The number of carbonyl (C=O) groups is 1. The standard InChI is InChI=1S/C16H20N4O/c1-20(2)15-9-8-13(11-18-15)19-16(21)14(17)10-12-6-4-3-5-7-12/h3-9,11,14H,10,17H2,1-2H3,(H,19,21)/t14-/m1/s1. The Balaban J connectivity index is 1.94. The van der Waals surface area contributed by atoms with Crippen molar-refractivity contribution in [2.75, 3.05) is 24.3 Å². The number of hydrogen-bond acceptors (Lipinski definition) is 4. The second-order valence-corrected chi connectivity index (χ2v) is 5.08. The van der Waals surface area contributed by atoms with Crippen LogP contribution in [0.25, 0.3) is 0 Å². The molecule has 0 aliphatic carbocycles. The molecule has 0 radical (unpaired) electrons. The summed E-state index contributed by atoms with van der Waals surface area (Å²) < 4.78 is 0. The molecular formula is C16H20N4O. The third-order valence-corrected chi connectivity index (χ3v) is 3.11. The van der Waals surface area contributed by atoms with Crippen LogP contribution in [0, 0.1) is 0 Å². The molecule has 1 heterocycles. The molecule has 1 atom stereocenters. The molecule has 0 unspecified atom stereocenters. The van der Waals surface area contributed by atoms with Crippen LogP contribution >= 0.6 is 0 Å². The summed E-state index contributed by atoms with van der Waals surface area (Å²) in [5.41, 5.74) is 7.62. The summed E-state index contributed by atoms with van der Waals surface area (Å²) in [6.07, 6.45) is 2.14. The van der Waals surface area contributed by atoms with Crippen molar-refractivity contribution >= 4 is 17.4 Å². The lowest BCUT2D eigenvalue weighted by Crippen LogP contribution is -2.37. The van der Waals surface area contributed by atoms with Gasteiger partial charge in [-0.25, -0.2) is 4.98 Å². The Labute approximate surface area is 124 Å². The smallest absolute Gasteiger partial charge is 0.241 e. The van der Waals surface area contributed by atoms with E-state index in [4.69, 9.17) is 5.73 Å². The van der Waals surface area contributed by atoms with Gasteiger partial charge < -0.3 is 16.0 Å². The number of aromatic nitrogens is 1. The van der Waals surface area contributed by atoms with Gasteiger partial charge >= 0.3 is 0 Å². The summed E-state index contributed by atoms with van der Waals surface area (Å²) in [6, 6.07) is 12.8. The largest absolute Gasteiger partial charge is 0.363 e. The summed E-state index contributed by atoms with van der Waals surface area (Å²) in [5.74, 6) is 0.625. The van der Waals surface area contributed by atoms with Crippen molar-refractivity contribution < 1.29 is 4.79 Å². The number of carbonyl (C=O) groups excluding carboxylic acids is 1. The minimum absolute atomic E-state index is 0.210. The number of amides is 1. The van der Waals surface area contributed by atoms with Crippen molar-refractivity contribution in [2.45, 2.75) is 12.5 Å². The molecule has 21 heavy (non-hydrogen) atoms. The van der Waals surface area contributed by atoms with Crippen LogP contribution < -0.4 is 16.0 Å². The zero-order valence-corrected chi connectivity index (χ0v) is 12.3. The highest BCUT2D eigenvalue weighted by atomic mass is 16.2. The maximum atomic E-state index is 12.1. The van der Waals surface area contributed by atoms with Gasteiger partial charge in [0.25, 0.3) is 0 Å². The molecule has 5 heteroatoms. The number of nitrogens with zero attached hydrogens (tertiary/aromatic N) is 2. The molecule has 0 aliphatic rings. The first-order valence-electron chi connectivity index (χ1n) is 6.80. The molecule has 0 bridgehead atoms. The lowest BCUT2D eigenvalue weighted by atomic mass is 10.1. The van der Waals surface area contributed by atoms with Gasteiger partial charge in [-0.3, -0.25) is 4.79 Å². The Hall–Kier alpha value is -2.40.